The van der Waals surface area contributed by atoms with Crippen LogP contribution in [-0.4, -0.2) is 23.6 Å². The Hall–Kier alpha value is -0.730. The molecule has 0 aliphatic heterocycles. The zero-order valence-electron chi connectivity index (χ0n) is 10.9. The Morgan fingerprint density at radius 3 is 2.89 bits per heavy atom. The number of halogens is 1. The average molecular weight is 389 g/mol. The van der Waals surface area contributed by atoms with Crippen molar-refractivity contribution in [2.24, 2.45) is 0 Å². The number of hydrogen-bond acceptors (Lipinski definition) is 5. The first kappa shape index (κ1) is 14.7. The molecule has 2 rings (SSSR count). The number of rotatable bonds is 6. The molecule has 102 valence electrons. The summed E-state index contributed by atoms with van der Waals surface area (Å²) in [6.45, 7) is 3.05. The first-order valence-electron chi connectivity index (χ1n) is 6.05. The van der Waals surface area contributed by atoms with E-state index < -0.39 is 0 Å². The molecule has 0 aliphatic carbocycles. The van der Waals surface area contributed by atoms with E-state index in [4.69, 9.17) is 4.74 Å². The number of hydrogen-bond donors (Lipinski definition) is 1. The van der Waals surface area contributed by atoms with Gasteiger partial charge in [0, 0.05) is 24.2 Å². The van der Waals surface area contributed by atoms with Crippen molar-refractivity contribution in [1.29, 1.82) is 0 Å². The van der Waals surface area contributed by atoms with E-state index in [-0.39, 0.29) is 6.04 Å². The second-order valence-corrected chi connectivity index (χ2v) is 6.86. The Kier molecular flexibility index (Phi) is 5.53. The predicted molar refractivity (Wildman–Crippen MR) is 85.7 cm³/mol. The lowest BCUT2D eigenvalue weighted by Crippen LogP contribution is -2.23. The quantitative estimate of drug-likeness (QED) is 0.772. The van der Waals surface area contributed by atoms with Gasteiger partial charge in [0.15, 0.2) is 0 Å². The number of ether oxygens (including phenoxy) is 1. The van der Waals surface area contributed by atoms with Crippen LogP contribution < -0.4 is 10.1 Å². The zero-order chi connectivity index (χ0) is 13.7. The van der Waals surface area contributed by atoms with E-state index >= 15 is 0 Å². The van der Waals surface area contributed by atoms with E-state index in [2.05, 4.69) is 56.2 Å². The van der Waals surface area contributed by atoms with Gasteiger partial charge < -0.3 is 10.1 Å². The molecule has 0 fully saturated rings. The fourth-order valence-electron chi connectivity index (χ4n) is 1.87. The standard InChI is InChI=1S/C13H16IN3OS/c1-3-15-11(9-4-12(14)19-7-9)5-10-6-13(18-2)17-8-16-10/h4,6-8,11,15H,3,5H2,1-2H3. The van der Waals surface area contributed by atoms with Gasteiger partial charge in [-0.25, -0.2) is 9.97 Å². The Labute approximate surface area is 130 Å². The molecule has 0 saturated heterocycles. The van der Waals surface area contributed by atoms with Gasteiger partial charge in [0.2, 0.25) is 5.88 Å². The summed E-state index contributed by atoms with van der Waals surface area (Å²) in [6.07, 6.45) is 2.38. The van der Waals surface area contributed by atoms with Crippen molar-refractivity contribution >= 4 is 33.9 Å². The van der Waals surface area contributed by atoms with Gasteiger partial charge in [0.05, 0.1) is 9.99 Å². The lowest BCUT2D eigenvalue weighted by atomic mass is 10.1. The summed E-state index contributed by atoms with van der Waals surface area (Å²) in [5.74, 6) is 0.611. The van der Waals surface area contributed by atoms with Gasteiger partial charge in [0.1, 0.15) is 6.33 Å². The van der Waals surface area contributed by atoms with Crippen LogP contribution in [0.3, 0.4) is 0 Å². The second-order valence-electron chi connectivity index (χ2n) is 4.05. The maximum atomic E-state index is 5.14. The molecule has 0 aliphatic rings. The van der Waals surface area contributed by atoms with Crippen LogP contribution in [0.2, 0.25) is 0 Å². The lowest BCUT2D eigenvalue weighted by molar-refractivity contribution is 0.395. The van der Waals surface area contributed by atoms with E-state index in [9.17, 15) is 0 Å². The first-order valence-corrected chi connectivity index (χ1v) is 8.01. The van der Waals surface area contributed by atoms with E-state index in [1.165, 1.54) is 8.45 Å². The fraction of sp³-hybridized carbons (Fsp3) is 0.385. The van der Waals surface area contributed by atoms with Crippen LogP contribution in [0.5, 0.6) is 5.88 Å². The molecular formula is C13H16IN3OS. The van der Waals surface area contributed by atoms with E-state index in [1.54, 1.807) is 24.8 Å². The van der Waals surface area contributed by atoms with Crippen molar-refractivity contribution in [3.63, 3.8) is 0 Å². The number of nitrogens with one attached hydrogen (secondary N) is 1. The first-order chi connectivity index (χ1) is 9.22. The summed E-state index contributed by atoms with van der Waals surface area (Å²) in [5, 5.41) is 5.70. The predicted octanol–water partition coefficient (Wildman–Crippen LogP) is 3.04. The molecule has 0 amide bonds. The maximum absolute atomic E-state index is 5.14. The van der Waals surface area contributed by atoms with E-state index in [0.29, 0.717) is 5.88 Å². The van der Waals surface area contributed by atoms with Crippen LogP contribution in [0, 0.1) is 2.88 Å². The molecule has 4 nitrogen and oxygen atoms in total. The molecule has 1 N–H and O–H groups in total. The monoisotopic (exact) mass is 389 g/mol. The van der Waals surface area contributed by atoms with E-state index in [1.807, 2.05) is 6.07 Å². The van der Waals surface area contributed by atoms with Crippen LogP contribution in [0.1, 0.15) is 24.2 Å². The highest BCUT2D eigenvalue weighted by Gasteiger charge is 2.14. The lowest BCUT2D eigenvalue weighted by Gasteiger charge is -2.16. The number of nitrogens with zero attached hydrogens (tertiary/aromatic N) is 2. The summed E-state index contributed by atoms with van der Waals surface area (Å²) >= 11 is 4.12. The molecule has 1 atom stereocenters. The molecule has 19 heavy (non-hydrogen) atoms. The van der Waals surface area contributed by atoms with Crippen molar-refractivity contribution in [3.05, 3.63) is 38.0 Å². The highest BCUT2D eigenvalue weighted by atomic mass is 127. The molecule has 2 heterocycles. The molecule has 0 bridgehead atoms. The third-order valence-corrected chi connectivity index (χ3v) is 4.57. The van der Waals surface area contributed by atoms with Gasteiger partial charge >= 0.3 is 0 Å². The maximum Gasteiger partial charge on any atom is 0.216 e. The number of methoxy groups -OCH3 is 1. The van der Waals surface area contributed by atoms with Gasteiger partial charge in [-0.1, -0.05) is 6.92 Å². The third-order valence-electron chi connectivity index (χ3n) is 2.76. The van der Waals surface area contributed by atoms with Crippen molar-refractivity contribution in [2.75, 3.05) is 13.7 Å². The topological polar surface area (TPSA) is 47.0 Å². The number of thiophene rings is 1. The number of aromatic nitrogens is 2. The van der Waals surface area contributed by atoms with Crippen molar-refractivity contribution in [2.45, 2.75) is 19.4 Å². The van der Waals surface area contributed by atoms with Crippen molar-refractivity contribution in [3.8, 4) is 5.88 Å². The highest BCUT2D eigenvalue weighted by Crippen LogP contribution is 2.25. The molecule has 0 spiro atoms. The molecule has 0 aromatic carbocycles. The summed E-state index contributed by atoms with van der Waals surface area (Å²) in [6, 6.07) is 4.39. The van der Waals surface area contributed by atoms with Gasteiger partial charge in [-0.3, -0.25) is 0 Å². The molecule has 2 aromatic heterocycles. The van der Waals surface area contributed by atoms with Crippen LogP contribution >= 0.6 is 33.9 Å². The fourth-order valence-corrected chi connectivity index (χ4v) is 3.30. The Bertz CT molecular complexity index is 532. The van der Waals surface area contributed by atoms with Crippen molar-refractivity contribution in [1.82, 2.24) is 15.3 Å². The summed E-state index contributed by atoms with van der Waals surface area (Å²) in [5.41, 5.74) is 2.30. The van der Waals surface area contributed by atoms with Crippen LogP contribution in [-0.2, 0) is 6.42 Å². The molecule has 0 saturated carbocycles. The van der Waals surface area contributed by atoms with Gasteiger partial charge in [-0.15, -0.1) is 11.3 Å². The highest BCUT2D eigenvalue weighted by molar-refractivity contribution is 14.1. The summed E-state index contributed by atoms with van der Waals surface area (Å²) in [7, 11) is 1.62. The molecule has 6 heteroatoms. The van der Waals surface area contributed by atoms with E-state index in [0.717, 1.165) is 18.7 Å². The van der Waals surface area contributed by atoms with Crippen LogP contribution in [0.4, 0.5) is 0 Å². The molecule has 0 radical (unpaired) electrons. The Balaban J connectivity index is 2.16. The van der Waals surface area contributed by atoms with Gasteiger partial charge in [0.25, 0.3) is 0 Å². The van der Waals surface area contributed by atoms with Crippen LogP contribution in [0.25, 0.3) is 0 Å². The minimum absolute atomic E-state index is 0.282. The minimum atomic E-state index is 0.282. The average Bonchev–Trinajstić information content (AvgIpc) is 2.85. The smallest absolute Gasteiger partial charge is 0.216 e. The minimum Gasteiger partial charge on any atom is -0.481 e. The molecule has 2 aromatic rings. The molecule has 1 unspecified atom stereocenters. The normalized spacial score (nSPS) is 12.4. The molecular weight excluding hydrogens is 373 g/mol. The Morgan fingerprint density at radius 2 is 2.26 bits per heavy atom. The van der Waals surface area contributed by atoms with Crippen molar-refractivity contribution < 1.29 is 4.74 Å². The third kappa shape index (κ3) is 4.12. The zero-order valence-corrected chi connectivity index (χ0v) is 13.9. The second kappa shape index (κ2) is 7.16. The summed E-state index contributed by atoms with van der Waals surface area (Å²) in [4.78, 5) is 8.35. The summed E-state index contributed by atoms with van der Waals surface area (Å²) < 4.78 is 6.44. The number of likely N-dealkylation sites (N-methyl/N-ethyl adjacent to an activating group) is 1. The largest absolute Gasteiger partial charge is 0.481 e. The van der Waals surface area contributed by atoms with Gasteiger partial charge in [-0.2, -0.15) is 0 Å². The Morgan fingerprint density at radius 1 is 1.42 bits per heavy atom. The van der Waals surface area contributed by atoms with Crippen LogP contribution in [0.15, 0.2) is 23.8 Å². The SMILES string of the molecule is CCNC(Cc1cc(OC)ncn1)c1csc(I)c1. The van der Waals surface area contributed by atoms with Gasteiger partial charge in [-0.05, 0) is 46.1 Å².